The van der Waals surface area contributed by atoms with Gasteiger partial charge in [0.2, 0.25) is 0 Å². The summed E-state index contributed by atoms with van der Waals surface area (Å²) in [4.78, 5) is 0. The van der Waals surface area contributed by atoms with Crippen LogP contribution in [0.3, 0.4) is 0 Å². The zero-order chi connectivity index (χ0) is 8.55. The lowest BCUT2D eigenvalue weighted by Gasteiger charge is -2.01. The van der Waals surface area contributed by atoms with E-state index in [0.717, 1.165) is 6.42 Å². The highest BCUT2D eigenvalue weighted by molar-refractivity contribution is 5.67. The lowest BCUT2D eigenvalue weighted by atomic mass is 10.0. The van der Waals surface area contributed by atoms with Gasteiger partial charge in [0, 0.05) is 0 Å². The Morgan fingerprint density at radius 2 is 2.25 bits per heavy atom. The van der Waals surface area contributed by atoms with Crippen LogP contribution in [0.25, 0.3) is 6.08 Å². The maximum atomic E-state index is 3.79. The van der Waals surface area contributed by atoms with Gasteiger partial charge in [-0.15, -0.1) is 0 Å². The predicted molar refractivity (Wildman–Crippen MR) is 53.1 cm³/mol. The van der Waals surface area contributed by atoms with Crippen molar-refractivity contribution < 1.29 is 0 Å². The smallest absolute Gasteiger partial charge is 0.00172 e. The van der Waals surface area contributed by atoms with E-state index in [1.165, 1.54) is 22.3 Å². The Bertz CT molecular complexity index is 356. The number of hydrogen-bond acceptors (Lipinski definition) is 0. The Labute approximate surface area is 73.2 Å². The van der Waals surface area contributed by atoms with E-state index in [-0.39, 0.29) is 0 Å². The molecule has 0 heterocycles. The Kier molecular flexibility index (Phi) is 1.61. The molecule has 1 aromatic carbocycles. The molecule has 0 atom stereocenters. The molecule has 0 N–H and O–H groups in total. The molecule has 2 rings (SSSR count). The van der Waals surface area contributed by atoms with Crippen molar-refractivity contribution in [3.05, 3.63) is 53.1 Å². The number of fused-ring (bicyclic) bond motifs is 1. The summed E-state index contributed by atoms with van der Waals surface area (Å²) in [6.45, 7) is 5.95. The van der Waals surface area contributed by atoms with Crippen LogP contribution in [0.5, 0.6) is 0 Å². The molecular weight excluding hydrogens is 144 g/mol. The van der Waals surface area contributed by atoms with Gasteiger partial charge in [-0.25, -0.2) is 0 Å². The number of rotatable bonds is 1. The van der Waals surface area contributed by atoms with Gasteiger partial charge in [-0.1, -0.05) is 36.9 Å². The van der Waals surface area contributed by atoms with Crippen molar-refractivity contribution in [1.82, 2.24) is 0 Å². The largest absolute Gasteiger partial charge is 0.0988 e. The van der Waals surface area contributed by atoms with Crippen LogP contribution < -0.4 is 0 Å². The third-order valence-corrected chi connectivity index (χ3v) is 2.43. The van der Waals surface area contributed by atoms with E-state index in [0.29, 0.717) is 0 Å². The lowest BCUT2D eigenvalue weighted by molar-refractivity contribution is 1.20. The fraction of sp³-hybridized carbons (Fsp3) is 0.167. The van der Waals surface area contributed by atoms with E-state index in [9.17, 15) is 0 Å². The number of aryl methyl sites for hydroxylation is 1. The van der Waals surface area contributed by atoms with E-state index in [1.54, 1.807) is 0 Å². The van der Waals surface area contributed by atoms with Gasteiger partial charge in [0.1, 0.15) is 0 Å². The molecule has 0 aromatic heterocycles. The Morgan fingerprint density at radius 1 is 1.42 bits per heavy atom. The minimum absolute atomic E-state index is 1.06. The fourth-order valence-electron chi connectivity index (χ4n) is 1.69. The first-order valence-corrected chi connectivity index (χ1v) is 4.23. The second kappa shape index (κ2) is 2.63. The molecule has 0 aliphatic heterocycles. The van der Waals surface area contributed by atoms with Gasteiger partial charge in [-0.05, 0) is 35.6 Å². The SMILES string of the molecule is C=CC1=Cc2cccc(C)c2C1. The molecule has 60 valence electrons. The molecule has 1 aromatic rings. The Hall–Kier alpha value is -1.30. The Morgan fingerprint density at radius 3 is 2.92 bits per heavy atom. The van der Waals surface area contributed by atoms with Gasteiger partial charge in [0.25, 0.3) is 0 Å². The van der Waals surface area contributed by atoms with Gasteiger partial charge < -0.3 is 0 Å². The molecule has 0 spiro atoms. The second-order valence-electron chi connectivity index (χ2n) is 3.24. The van der Waals surface area contributed by atoms with Crippen LogP contribution in [-0.2, 0) is 6.42 Å². The van der Waals surface area contributed by atoms with Crippen molar-refractivity contribution in [1.29, 1.82) is 0 Å². The third kappa shape index (κ3) is 1.00. The molecule has 1 aliphatic rings. The van der Waals surface area contributed by atoms with Crippen molar-refractivity contribution >= 4 is 6.08 Å². The number of allylic oxidation sites excluding steroid dienone is 2. The van der Waals surface area contributed by atoms with Crippen LogP contribution in [0.4, 0.5) is 0 Å². The summed E-state index contributed by atoms with van der Waals surface area (Å²) < 4.78 is 0. The molecule has 0 bridgehead atoms. The third-order valence-electron chi connectivity index (χ3n) is 2.43. The van der Waals surface area contributed by atoms with Crippen molar-refractivity contribution in [3.63, 3.8) is 0 Å². The van der Waals surface area contributed by atoms with E-state index < -0.39 is 0 Å². The lowest BCUT2D eigenvalue weighted by Crippen LogP contribution is -1.87. The first-order valence-electron chi connectivity index (χ1n) is 4.23. The number of hydrogen-bond donors (Lipinski definition) is 0. The highest BCUT2D eigenvalue weighted by atomic mass is 14.2. The molecular formula is C12H12. The molecule has 0 unspecified atom stereocenters. The topological polar surface area (TPSA) is 0 Å². The van der Waals surface area contributed by atoms with Gasteiger partial charge in [0.05, 0.1) is 0 Å². The maximum Gasteiger partial charge on any atom is -0.00172 e. The zero-order valence-electron chi connectivity index (χ0n) is 7.30. The van der Waals surface area contributed by atoms with Crippen LogP contribution in [0, 0.1) is 6.92 Å². The van der Waals surface area contributed by atoms with Gasteiger partial charge >= 0.3 is 0 Å². The van der Waals surface area contributed by atoms with E-state index in [1.807, 2.05) is 6.08 Å². The minimum atomic E-state index is 1.06. The molecule has 0 saturated heterocycles. The van der Waals surface area contributed by atoms with Crippen LogP contribution in [0.15, 0.2) is 36.4 Å². The highest BCUT2D eigenvalue weighted by Crippen LogP contribution is 2.27. The first kappa shape index (κ1) is 7.35. The average Bonchev–Trinajstić information content (AvgIpc) is 2.49. The van der Waals surface area contributed by atoms with E-state index in [4.69, 9.17) is 0 Å². The van der Waals surface area contributed by atoms with Crippen molar-refractivity contribution in [2.45, 2.75) is 13.3 Å². The summed E-state index contributed by atoms with van der Waals surface area (Å²) in [6.07, 6.45) is 5.22. The van der Waals surface area contributed by atoms with Crippen LogP contribution >= 0.6 is 0 Å². The summed E-state index contributed by atoms with van der Waals surface area (Å²) in [5.41, 5.74) is 5.55. The molecule has 0 nitrogen and oxygen atoms in total. The summed E-state index contributed by atoms with van der Waals surface area (Å²) >= 11 is 0. The van der Waals surface area contributed by atoms with Crippen LogP contribution in [-0.4, -0.2) is 0 Å². The van der Waals surface area contributed by atoms with E-state index in [2.05, 4.69) is 37.8 Å². The van der Waals surface area contributed by atoms with Crippen molar-refractivity contribution in [3.8, 4) is 0 Å². The van der Waals surface area contributed by atoms with Crippen molar-refractivity contribution in [2.75, 3.05) is 0 Å². The molecule has 1 aliphatic carbocycles. The summed E-state index contributed by atoms with van der Waals surface area (Å²) in [5, 5.41) is 0. The quantitative estimate of drug-likeness (QED) is 0.586. The molecule has 0 amide bonds. The maximum absolute atomic E-state index is 3.79. The van der Waals surface area contributed by atoms with E-state index >= 15 is 0 Å². The second-order valence-corrected chi connectivity index (χ2v) is 3.24. The standard InChI is InChI=1S/C12H12/c1-3-10-7-11-6-4-5-9(2)12(11)8-10/h3-7H,1,8H2,2H3. The van der Waals surface area contributed by atoms with Gasteiger partial charge in [-0.2, -0.15) is 0 Å². The molecule has 0 saturated carbocycles. The van der Waals surface area contributed by atoms with Crippen LogP contribution in [0.2, 0.25) is 0 Å². The average molecular weight is 156 g/mol. The van der Waals surface area contributed by atoms with Crippen molar-refractivity contribution in [2.24, 2.45) is 0 Å². The molecule has 0 heteroatoms. The zero-order valence-corrected chi connectivity index (χ0v) is 7.30. The highest BCUT2D eigenvalue weighted by Gasteiger charge is 2.11. The number of benzene rings is 1. The predicted octanol–water partition coefficient (Wildman–Crippen LogP) is 3.12. The summed E-state index contributed by atoms with van der Waals surface area (Å²) in [7, 11) is 0. The molecule has 12 heavy (non-hydrogen) atoms. The molecule has 0 fully saturated rings. The normalized spacial score (nSPS) is 13.9. The summed E-state index contributed by atoms with van der Waals surface area (Å²) in [6, 6.07) is 6.44. The van der Waals surface area contributed by atoms with Gasteiger partial charge in [-0.3, -0.25) is 0 Å². The summed E-state index contributed by atoms with van der Waals surface area (Å²) in [5.74, 6) is 0. The monoisotopic (exact) mass is 156 g/mol. The minimum Gasteiger partial charge on any atom is -0.0988 e. The van der Waals surface area contributed by atoms with Gasteiger partial charge in [0.15, 0.2) is 0 Å². The van der Waals surface area contributed by atoms with Crippen LogP contribution in [0.1, 0.15) is 16.7 Å². The molecule has 0 radical (unpaired) electrons. The first-order chi connectivity index (χ1) is 5.81. The fourth-order valence-corrected chi connectivity index (χ4v) is 1.69. The Balaban J connectivity index is 2.52.